The second-order valence-corrected chi connectivity index (χ2v) is 18.5. The van der Waals surface area contributed by atoms with Gasteiger partial charge in [-0.25, -0.2) is 9.67 Å². The van der Waals surface area contributed by atoms with E-state index < -0.39 is 31.4 Å². The number of alkyl halides is 3. The van der Waals surface area contributed by atoms with Gasteiger partial charge < -0.3 is 25.0 Å². The highest BCUT2D eigenvalue weighted by Crippen LogP contribution is 2.42. The number of fused-ring (bicyclic) bond motifs is 1. The molecule has 0 bridgehead atoms. The molecule has 1 unspecified atom stereocenters. The number of aromatic nitrogens is 4. The van der Waals surface area contributed by atoms with E-state index >= 15 is 0 Å². The van der Waals surface area contributed by atoms with Gasteiger partial charge in [0.05, 0.1) is 41.6 Å². The van der Waals surface area contributed by atoms with Crippen molar-refractivity contribution >= 4 is 31.2 Å². The first-order chi connectivity index (χ1) is 23.8. The summed E-state index contributed by atoms with van der Waals surface area (Å²) in [5.41, 5.74) is -0.626. The lowest BCUT2D eigenvalue weighted by Crippen LogP contribution is -2.36. The van der Waals surface area contributed by atoms with Crippen molar-refractivity contribution in [2.75, 3.05) is 35.3 Å². The number of halogens is 3. The minimum absolute atomic E-state index is 0.0855. The van der Waals surface area contributed by atoms with Crippen LogP contribution >= 0.6 is 0 Å². The molecule has 1 amide bonds. The minimum atomic E-state index is -4.96. The van der Waals surface area contributed by atoms with E-state index in [1.807, 2.05) is 18.2 Å². The van der Waals surface area contributed by atoms with Gasteiger partial charge in [0.1, 0.15) is 36.5 Å². The number of hydrogen-bond donors (Lipinski definition) is 2. The maximum Gasteiger partial charge on any atom is 0.423 e. The average Bonchev–Trinajstić information content (AvgIpc) is 3.44. The Bertz CT molecular complexity index is 1910. The molecular weight excluding hydrogens is 670 g/mol. The molecular formula is C34H37F3N8O4Si. The summed E-state index contributed by atoms with van der Waals surface area (Å²) in [7, 11) is -1.44. The molecule has 16 heteroatoms. The van der Waals surface area contributed by atoms with Gasteiger partial charge in [0, 0.05) is 46.5 Å². The Morgan fingerprint density at radius 1 is 1.12 bits per heavy atom. The minimum Gasteiger partial charge on any atom is -0.489 e. The van der Waals surface area contributed by atoms with E-state index in [0.717, 1.165) is 23.4 Å². The molecule has 1 atom stereocenters. The number of ether oxygens (including phenoxy) is 2. The summed E-state index contributed by atoms with van der Waals surface area (Å²) in [5, 5.41) is 18.7. The zero-order chi connectivity index (χ0) is 35.9. The number of nitrogens with zero attached hydrogens (tertiary/aromatic N) is 6. The van der Waals surface area contributed by atoms with Crippen molar-refractivity contribution in [2.24, 2.45) is 0 Å². The van der Waals surface area contributed by atoms with E-state index in [4.69, 9.17) is 14.7 Å². The van der Waals surface area contributed by atoms with E-state index in [-0.39, 0.29) is 50.2 Å². The number of nitriles is 1. The molecule has 4 heterocycles. The van der Waals surface area contributed by atoms with Crippen LogP contribution in [0.1, 0.15) is 34.7 Å². The summed E-state index contributed by atoms with van der Waals surface area (Å²) in [6, 6.07) is 14.1. The summed E-state index contributed by atoms with van der Waals surface area (Å²) < 4.78 is 55.9. The van der Waals surface area contributed by atoms with Gasteiger partial charge >= 0.3 is 6.18 Å². The van der Waals surface area contributed by atoms with Gasteiger partial charge in [0.15, 0.2) is 0 Å². The zero-order valence-electron chi connectivity index (χ0n) is 27.8. The van der Waals surface area contributed by atoms with Crippen LogP contribution in [-0.4, -0.2) is 53.5 Å². The van der Waals surface area contributed by atoms with Gasteiger partial charge in [-0.2, -0.15) is 23.5 Å². The van der Waals surface area contributed by atoms with E-state index in [1.54, 1.807) is 30.3 Å². The molecule has 1 aliphatic rings. The SMILES string of the molecule is C[Si](C)(C)CCOCn1ncc(N2Cc3ccccc3C2COc2cncc(NC(=O)CCNc3ccc(C#N)cn3)c2)c(C(F)(F)F)c1=O. The molecule has 0 fully saturated rings. The van der Waals surface area contributed by atoms with Gasteiger partial charge in [0.25, 0.3) is 5.56 Å². The molecule has 0 spiro atoms. The Kier molecular flexibility index (Phi) is 11.2. The van der Waals surface area contributed by atoms with Crippen LogP contribution in [0.5, 0.6) is 5.75 Å². The normalized spacial score (nSPS) is 14.2. The number of hydrogen-bond acceptors (Lipinski definition) is 10. The highest BCUT2D eigenvalue weighted by Gasteiger charge is 2.42. The van der Waals surface area contributed by atoms with Gasteiger partial charge in [-0.1, -0.05) is 43.9 Å². The summed E-state index contributed by atoms with van der Waals surface area (Å²) in [4.78, 5) is 35.5. The Balaban J connectivity index is 1.28. The third-order valence-corrected chi connectivity index (χ3v) is 9.62. The first-order valence-electron chi connectivity index (χ1n) is 15.9. The van der Waals surface area contributed by atoms with Crippen molar-refractivity contribution in [3.63, 3.8) is 0 Å². The largest absolute Gasteiger partial charge is 0.489 e. The maximum atomic E-state index is 14.5. The molecule has 3 aromatic heterocycles. The highest BCUT2D eigenvalue weighted by molar-refractivity contribution is 6.76. The standard InChI is InChI=1S/C34H37F3N8O4Si/c1-50(2,3)13-12-48-22-45-33(47)32(34(35,36)37)28(19-42-45)44-20-24-6-4-5-7-27(24)29(44)21-49-26-14-25(17-39-18-26)43-31(46)10-11-40-30-9-8-23(15-38)16-41-30/h4-9,14,16-19,29H,10-13,20-22H2,1-3H3,(H,40,41)(H,43,46). The van der Waals surface area contributed by atoms with Gasteiger partial charge in [0.2, 0.25) is 5.91 Å². The van der Waals surface area contributed by atoms with E-state index in [2.05, 4.69) is 45.3 Å². The molecule has 12 nitrogen and oxygen atoms in total. The molecule has 50 heavy (non-hydrogen) atoms. The lowest BCUT2D eigenvalue weighted by atomic mass is 10.1. The summed E-state index contributed by atoms with van der Waals surface area (Å²) in [5.74, 6) is 0.508. The van der Waals surface area contributed by atoms with Crippen molar-refractivity contribution in [1.29, 1.82) is 5.26 Å². The lowest BCUT2D eigenvalue weighted by Gasteiger charge is -2.29. The average molecular weight is 707 g/mol. The van der Waals surface area contributed by atoms with Crippen LogP contribution in [0.2, 0.25) is 25.7 Å². The van der Waals surface area contributed by atoms with E-state index in [9.17, 15) is 22.8 Å². The van der Waals surface area contributed by atoms with Crippen LogP contribution in [0.25, 0.3) is 0 Å². The second kappa shape index (κ2) is 15.5. The highest BCUT2D eigenvalue weighted by atomic mass is 28.3. The lowest BCUT2D eigenvalue weighted by molar-refractivity contribution is -0.139. The molecule has 0 saturated carbocycles. The van der Waals surface area contributed by atoms with Crippen molar-refractivity contribution in [1.82, 2.24) is 19.7 Å². The number of carbonyl (C=O) groups is 1. The maximum absolute atomic E-state index is 14.5. The Labute approximate surface area is 287 Å². The number of rotatable bonds is 14. The van der Waals surface area contributed by atoms with Crippen molar-refractivity contribution in [3.05, 3.63) is 99.9 Å². The van der Waals surface area contributed by atoms with Crippen LogP contribution < -0.4 is 25.8 Å². The topological polar surface area (TPSA) is 147 Å². The molecule has 262 valence electrons. The number of benzene rings is 1. The molecule has 0 aliphatic carbocycles. The van der Waals surface area contributed by atoms with E-state index in [1.165, 1.54) is 23.5 Å². The van der Waals surface area contributed by atoms with Crippen LogP contribution in [0.3, 0.4) is 0 Å². The van der Waals surface area contributed by atoms with Crippen LogP contribution in [0.15, 0.2) is 72.0 Å². The fraction of sp³-hybridized carbons (Fsp3) is 0.353. The predicted octanol–water partition coefficient (Wildman–Crippen LogP) is 5.82. The van der Waals surface area contributed by atoms with Gasteiger partial charge in [-0.3, -0.25) is 14.6 Å². The quantitative estimate of drug-likeness (QED) is 0.122. The summed E-state index contributed by atoms with van der Waals surface area (Å²) in [6.07, 6.45) is 0.528. The van der Waals surface area contributed by atoms with E-state index in [0.29, 0.717) is 28.4 Å². The van der Waals surface area contributed by atoms with Crippen LogP contribution in [0, 0.1) is 11.3 Å². The molecule has 5 rings (SSSR count). The van der Waals surface area contributed by atoms with Crippen molar-refractivity contribution < 1.29 is 27.4 Å². The Morgan fingerprint density at radius 3 is 2.64 bits per heavy atom. The first kappa shape index (κ1) is 36.0. The first-order valence-corrected chi connectivity index (χ1v) is 19.6. The summed E-state index contributed by atoms with van der Waals surface area (Å²) >= 11 is 0. The fourth-order valence-electron chi connectivity index (χ4n) is 5.32. The molecule has 4 aromatic rings. The Hall–Kier alpha value is -5.27. The predicted molar refractivity (Wildman–Crippen MR) is 183 cm³/mol. The third-order valence-electron chi connectivity index (χ3n) is 7.91. The number of amides is 1. The summed E-state index contributed by atoms with van der Waals surface area (Å²) in [6.45, 7) is 6.69. The number of anilines is 3. The van der Waals surface area contributed by atoms with Gasteiger partial charge in [-0.05, 0) is 29.3 Å². The smallest absolute Gasteiger partial charge is 0.423 e. The zero-order valence-corrected chi connectivity index (χ0v) is 28.8. The second-order valence-electron chi connectivity index (χ2n) is 12.9. The Morgan fingerprint density at radius 2 is 1.92 bits per heavy atom. The number of nitrogens with one attached hydrogen (secondary N) is 2. The van der Waals surface area contributed by atoms with Crippen molar-refractivity contribution in [2.45, 2.75) is 57.6 Å². The van der Waals surface area contributed by atoms with Crippen molar-refractivity contribution in [3.8, 4) is 11.8 Å². The monoisotopic (exact) mass is 706 g/mol. The fourth-order valence-corrected chi connectivity index (χ4v) is 6.07. The molecule has 0 saturated heterocycles. The third kappa shape index (κ3) is 9.24. The molecule has 0 radical (unpaired) electrons. The van der Waals surface area contributed by atoms with Crippen LogP contribution in [0.4, 0.5) is 30.4 Å². The molecule has 2 N–H and O–H groups in total. The molecule has 1 aromatic carbocycles. The number of pyridine rings is 2. The van der Waals surface area contributed by atoms with Crippen LogP contribution in [-0.2, 0) is 29.0 Å². The van der Waals surface area contributed by atoms with Gasteiger partial charge in [-0.15, -0.1) is 0 Å². The number of carbonyl (C=O) groups excluding carboxylic acids is 1. The molecule has 1 aliphatic heterocycles.